The molecule has 1 aliphatic heterocycles. The van der Waals surface area contributed by atoms with E-state index in [0.717, 1.165) is 25.3 Å². The molecule has 0 aliphatic carbocycles. The van der Waals surface area contributed by atoms with E-state index in [9.17, 15) is 4.39 Å². The maximum atomic E-state index is 12.9. The molecule has 3 nitrogen and oxygen atoms in total. The van der Waals surface area contributed by atoms with Crippen LogP contribution in [0.5, 0.6) is 0 Å². The van der Waals surface area contributed by atoms with Crippen molar-refractivity contribution in [3.8, 4) is 0 Å². The van der Waals surface area contributed by atoms with Crippen LogP contribution in [0.15, 0.2) is 18.2 Å². The van der Waals surface area contributed by atoms with E-state index in [2.05, 4.69) is 12.2 Å². The van der Waals surface area contributed by atoms with Crippen LogP contribution in [0, 0.1) is 11.7 Å². The summed E-state index contributed by atoms with van der Waals surface area (Å²) in [6.45, 7) is 3.72. The SMILES string of the molecule is CC(Nc1ccc(F)cc1N)C1CCOC1. The Morgan fingerprint density at radius 1 is 1.56 bits per heavy atom. The molecule has 1 heterocycles. The molecule has 1 aromatic carbocycles. The van der Waals surface area contributed by atoms with Crippen molar-refractivity contribution >= 4 is 11.4 Å². The highest BCUT2D eigenvalue weighted by molar-refractivity contribution is 5.66. The van der Waals surface area contributed by atoms with Gasteiger partial charge in [0.15, 0.2) is 0 Å². The third kappa shape index (κ3) is 2.44. The highest BCUT2D eigenvalue weighted by Crippen LogP contribution is 2.24. The number of anilines is 2. The van der Waals surface area contributed by atoms with Gasteiger partial charge in [-0.25, -0.2) is 4.39 Å². The zero-order valence-electron chi connectivity index (χ0n) is 9.37. The molecule has 0 spiro atoms. The molecule has 4 heteroatoms. The van der Waals surface area contributed by atoms with Crippen LogP contribution in [0.25, 0.3) is 0 Å². The largest absolute Gasteiger partial charge is 0.397 e. The summed E-state index contributed by atoms with van der Waals surface area (Å²) in [5, 5.41) is 3.31. The fourth-order valence-corrected chi connectivity index (χ4v) is 1.98. The van der Waals surface area contributed by atoms with Crippen molar-refractivity contribution < 1.29 is 9.13 Å². The summed E-state index contributed by atoms with van der Waals surface area (Å²) in [7, 11) is 0. The van der Waals surface area contributed by atoms with Crippen molar-refractivity contribution in [1.29, 1.82) is 0 Å². The summed E-state index contributed by atoms with van der Waals surface area (Å²) < 4.78 is 18.2. The first-order valence-corrected chi connectivity index (χ1v) is 5.56. The van der Waals surface area contributed by atoms with Gasteiger partial charge in [-0.1, -0.05) is 0 Å². The summed E-state index contributed by atoms with van der Waals surface area (Å²) >= 11 is 0. The number of rotatable bonds is 3. The van der Waals surface area contributed by atoms with Crippen LogP contribution >= 0.6 is 0 Å². The smallest absolute Gasteiger partial charge is 0.125 e. The molecule has 0 radical (unpaired) electrons. The van der Waals surface area contributed by atoms with Crippen LogP contribution in [-0.4, -0.2) is 19.3 Å². The maximum absolute atomic E-state index is 12.9. The van der Waals surface area contributed by atoms with Gasteiger partial charge < -0.3 is 15.8 Å². The lowest BCUT2D eigenvalue weighted by Gasteiger charge is -2.21. The molecule has 2 atom stereocenters. The van der Waals surface area contributed by atoms with E-state index in [1.807, 2.05) is 0 Å². The minimum Gasteiger partial charge on any atom is -0.397 e. The molecule has 0 bridgehead atoms. The number of benzene rings is 1. The summed E-state index contributed by atoms with van der Waals surface area (Å²) in [4.78, 5) is 0. The number of ether oxygens (including phenoxy) is 1. The van der Waals surface area contributed by atoms with Crippen molar-refractivity contribution in [3.05, 3.63) is 24.0 Å². The van der Waals surface area contributed by atoms with Crippen molar-refractivity contribution in [2.24, 2.45) is 5.92 Å². The molecular weight excluding hydrogens is 207 g/mol. The Hall–Kier alpha value is -1.29. The van der Waals surface area contributed by atoms with Crippen molar-refractivity contribution in [2.75, 3.05) is 24.3 Å². The summed E-state index contributed by atoms with van der Waals surface area (Å²) in [5.41, 5.74) is 6.98. The first-order valence-electron chi connectivity index (χ1n) is 5.56. The summed E-state index contributed by atoms with van der Waals surface area (Å²) in [6, 6.07) is 4.71. The second-order valence-electron chi connectivity index (χ2n) is 4.29. The maximum Gasteiger partial charge on any atom is 0.125 e. The van der Waals surface area contributed by atoms with Gasteiger partial charge >= 0.3 is 0 Å². The quantitative estimate of drug-likeness (QED) is 0.774. The van der Waals surface area contributed by atoms with Crippen molar-refractivity contribution in [1.82, 2.24) is 0 Å². The molecule has 0 aromatic heterocycles. The van der Waals surface area contributed by atoms with Crippen LogP contribution < -0.4 is 11.1 Å². The van der Waals surface area contributed by atoms with Crippen molar-refractivity contribution in [2.45, 2.75) is 19.4 Å². The van der Waals surface area contributed by atoms with E-state index in [1.165, 1.54) is 12.1 Å². The fraction of sp³-hybridized carbons (Fsp3) is 0.500. The summed E-state index contributed by atoms with van der Waals surface area (Å²) in [6.07, 6.45) is 1.06. The second-order valence-corrected chi connectivity index (χ2v) is 4.29. The standard InChI is InChI=1S/C12H17FN2O/c1-8(9-4-5-16-7-9)15-12-3-2-10(13)6-11(12)14/h2-3,6,8-9,15H,4-5,7,14H2,1H3. The molecule has 1 fully saturated rings. The lowest BCUT2D eigenvalue weighted by atomic mass is 10.0. The lowest BCUT2D eigenvalue weighted by Crippen LogP contribution is -2.26. The highest BCUT2D eigenvalue weighted by atomic mass is 19.1. The first kappa shape index (κ1) is 11.2. The average Bonchev–Trinajstić information content (AvgIpc) is 2.75. The van der Waals surface area contributed by atoms with Crippen molar-refractivity contribution in [3.63, 3.8) is 0 Å². The third-order valence-electron chi connectivity index (χ3n) is 3.07. The van der Waals surface area contributed by atoms with Crippen LogP contribution in [0.4, 0.5) is 15.8 Å². The van der Waals surface area contributed by atoms with E-state index in [0.29, 0.717) is 11.6 Å². The zero-order chi connectivity index (χ0) is 11.5. The van der Waals surface area contributed by atoms with E-state index < -0.39 is 0 Å². The van der Waals surface area contributed by atoms with Gasteiger partial charge in [-0.3, -0.25) is 0 Å². The van der Waals surface area contributed by atoms with E-state index in [4.69, 9.17) is 10.5 Å². The zero-order valence-corrected chi connectivity index (χ0v) is 9.37. The van der Waals surface area contributed by atoms with Crippen LogP contribution in [0.1, 0.15) is 13.3 Å². The molecule has 16 heavy (non-hydrogen) atoms. The van der Waals surface area contributed by atoms with Crippen LogP contribution in [0.3, 0.4) is 0 Å². The Morgan fingerprint density at radius 2 is 2.38 bits per heavy atom. The van der Waals surface area contributed by atoms with E-state index in [-0.39, 0.29) is 11.9 Å². The Bertz CT molecular complexity index is 364. The van der Waals surface area contributed by atoms with E-state index >= 15 is 0 Å². The van der Waals surface area contributed by atoms with Crippen LogP contribution in [-0.2, 0) is 4.74 Å². The second kappa shape index (κ2) is 4.70. The van der Waals surface area contributed by atoms with Gasteiger partial charge in [0.05, 0.1) is 18.0 Å². The number of nitrogens with two attached hydrogens (primary N) is 1. The lowest BCUT2D eigenvalue weighted by molar-refractivity contribution is 0.183. The Morgan fingerprint density at radius 3 is 3.00 bits per heavy atom. The molecule has 1 aliphatic rings. The number of nitrogens with one attached hydrogen (secondary N) is 1. The number of hydrogen-bond donors (Lipinski definition) is 2. The molecule has 1 saturated heterocycles. The number of halogens is 1. The first-order chi connectivity index (χ1) is 7.66. The van der Waals surface area contributed by atoms with E-state index in [1.54, 1.807) is 6.07 Å². The van der Waals surface area contributed by atoms with Gasteiger partial charge in [0.1, 0.15) is 5.82 Å². The third-order valence-corrected chi connectivity index (χ3v) is 3.07. The molecule has 2 unspecified atom stereocenters. The minimum absolute atomic E-state index is 0.287. The Kier molecular flexibility index (Phi) is 3.29. The highest BCUT2D eigenvalue weighted by Gasteiger charge is 2.22. The molecule has 1 aromatic rings. The van der Waals surface area contributed by atoms with Gasteiger partial charge in [-0.2, -0.15) is 0 Å². The topological polar surface area (TPSA) is 47.3 Å². The fourth-order valence-electron chi connectivity index (χ4n) is 1.98. The van der Waals surface area contributed by atoms with Gasteiger partial charge in [0, 0.05) is 18.6 Å². The van der Waals surface area contributed by atoms with Gasteiger partial charge in [-0.15, -0.1) is 0 Å². The predicted molar refractivity (Wildman–Crippen MR) is 62.8 cm³/mol. The number of hydrogen-bond acceptors (Lipinski definition) is 3. The predicted octanol–water partition coefficient (Wildman–Crippen LogP) is 2.24. The molecule has 88 valence electrons. The molecule has 0 saturated carbocycles. The summed E-state index contributed by atoms with van der Waals surface area (Å²) in [5.74, 6) is 0.198. The molecule has 3 N–H and O–H groups in total. The van der Waals surface area contributed by atoms with Gasteiger partial charge in [0.25, 0.3) is 0 Å². The molecule has 0 amide bonds. The van der Waals surface area contributed by atoms with Gasteiger partial charge in [0.2, 0.25) is 0 Å². The minimum atomic E-state index is -0.306. The monoisotopic (exact) mass is 224 g/mol. The Labute approximate surface area is 94.8 Å². The molecule has 2 rings (SSSR count). The Balaban J connectivity index is 2.02. The number of nitrogen functional groups attached to an aromatic ring is 1. The van der Waals surface area contributed by atoms with Gasteiger partial charge in [-0.05, 0) is 31.5 Å². The average molecular weight is 224 g/mol. The normalized spacial score (nSPS) is 22.0. The van der Waals surface area contributed by atoms with Crippen LogP contribution in [0.2, 0.25) is 0 Å². The molecular formula is C12H17FN2O.